The molecule has 1 aromatic heterocycles. The van der Waals surface area contributed by atoms with E-state index in [-0.39, 0.29) is 41.9 Å². The van der Waals surface area contributed by atoms with E-state index in [4.69, 9.17) is 9.47 Å². The minimum absolute atomic E-state index is 0.0380. The maximum atomic E-state index is 14.2. The van der Waals surface area contributed by atoms with Gasteiger partial charge in [-0.2, -0.15) is 8.78 Å². The van der Waals surface area contributed by atoms with E-state index in [0.717, 1.165) is 19.6 Å². The quantitative estimate of drug-likeness (QED) is 0.576. The summed E-state index contributed by atoms with van der Waals surface area (Å²) in [5.74, 6) is -2.42. The van der Waals surface area contributed by atoms with Crippen molar-refractivity contribution < 1.29 is 18.3 Å². The molecule has 1 N–H and O–H groups in total. The number of alkyl halides is 2. The van der Waals surface area contributed by atoms with E-state index in [2.05, 4.69) is 48.5 Å². The van der Waals surface area contributed by atoms with Gasteiger partial charge in [-0.25, -0.2) is 4.98 Å². The molecule has 0 amide bonds. The van der Waals surface area contributed by atoms with Gasteiger partial charge in [-0.3, -0.25) is 0 Å². The number of ether oxygens (including phenoxy) is 2. The predicted octanol–water partition coefficient (Wildman–Crippen LogP) is 5.19. The molecule has 5 nitrogen and oxygen atoms in total. The van der Waals surface area contributed by atoms with Crippen molar-refractivity contribution in [2.75, 3.05) is 31.6 Å². The first kappa shape index (κ1) is 24.6. The lowest BCUT2D eigenvalue weighted by Crippen LogP contribution is -2.58. The zero-order chi connectivity index (χ0) is 23.6. The highest BCUT2D eigenvalue weighted by molar-refractivity contribution is 5.46. The number of anilines is 1. The average molecular weight is 463 g/mol. The Labute approximate surface area is 196 Å². The van der Waals surface area contributed by atoms with Gasteiger partial charge < -0.3 is 19.7 Å². The lowest BCUT2D eigenvalue weighted by atomic mass is 9.84. The zero-order valence-corrected chi connectivity index (χ0v) is 20.3. The van der Waals surface area contributed by atoms with Crippen molar-refractivity contribution in [1.29, 1.82) is 0 Å². The normalized spacial score (nSPS) is 29.0. The fourth-order valence-corrected chi connectivity index (χ4v) is 4.91. The fourth-order valence-electron chi connectivity index (χ4n) is 4.91. The second-order valence-corrected chi connectivity index (χ2v) is 10.5. The van der Waals surface area contributed by atoms with Gasteiger partial charge in [0.15, 0.2) is 0 Å². The molecule has 3 heterocycles. The molecule has 4 atom stereocenters. The van der Waals surface area contributed by atoms with Gasteiger partial charge >= 0.3 is 0 Å². The maximum absolute atomic E-state index is 14.2. The third-order valence-electron chi connectivity index (χ3n) is 6.67. The molecule has 0 unspecified atom stereocenters. The van der Waals surface area contributed by atoms with Crippen LogP contribution in [0.4, 0.5) is 14.6 Å². The van der Waals surface area contributed by atoms with Crippen molar-refractivity contribution in [1.82, 2.24) is 9.88 Å². The summed E-state index contributed by atoms with van der Waals surface area (Å²) < 4.78 is 41.5. The molecule has 0 saturated carbocycles. The van der Waals surface area contributed by atoms with Crippen LogP contribution >= 0.6 is 0 Å². The summed E-state index contributed by atoms with van der Waals surface area (Å²) in [6.45, 7) is 11.2. The highest BCUT2D eigenvalue weighted by Crippen LogP contribution is 2.40. The zero-order valence-electron chi connectivity index (χ0n) is 20.3. The third kappa shape index (κ3) is 6.31. The van der Waals surface area contributed by atoms with Crippen molar-refractivity contribution >= 4 is 5.82 Å². The third-order valence-corrected chi connectivity index (χ3v) is 6.67. The van der Waals surface area contributed by atoms with Gasteiger partial charge in [0.25, 0.3) is 5.92 Å². The van der Waals surface area contributed by atoms with Crippen LogP contribution in [0.25, 0.3) is 0 Å². The fraction of sp³-hybridized carbons (Fsp3) is 0.692. The molecule has 0 aromatic carbocycles. The molecule has 0 bridgehead atoms. The van der Waals surface area contributed by atoms with Crippen molar-refractivity contribution in [3.05, 3.63) is 42.0 Å². The molecule has 2 fully saturated rings. The second kappa shape index (κ2) is 9.96. The van der Waals surface area contributed by atoms with E-state index in [0.29, 0.717) is 12.4 Å². The van der Waals surface area contributed by atoms with E-state index in [1.54, 1.807) is 12.1 Å². The van der Waals surface area contributed by atoms with E-state index in [1.165, 1.54) is 37.8 Å². The van der Waals surface area contributed by atoms with Crippen LogP contribution in [0.1, 0.15) is 59.1 Å². The molecule has 4 rings (SSSR count). The van der Waals surface area contributed by atoms with Crippen molar-refractivity contribution in [3.8, 4) is 0 Å². The van der Waals surface area contributed by atoms with Crippen LogP contribution in [0.3, 0.4) is 0 Å². The Morgan fingerprint density at radius 2 is 1.91 bits per heavy atom. The van der Waals surface area contributed by atoms with Crippen LogP contribution in [0.5, 0.6) is 0 Å². The maximum Gasteiger partial charge on any atom is 0.289 e. The van der Waals surface area contributed by atoms with Gasteiger partial charge in [0, 0.05) is 25.3 Å². The number of rotatable bonds is 8. The number of nitrogens with zero attached hydrogens (tertiary/aromatic N) is 2. The monoisotopic (exact) mass is 462 g/mol. The number of likely N-dealkylation sites (tertiary alicyclic amines) is 1. The molecule has 7 heteroatoms. The molecule has 33 heavy (non-hydrogen) atoms. The first-order valence-electron chi connectivity index (χ1n) is 12.3. The smallest absolute Gasteiger partial charge is 0.289 e. The lowest BCUT2D eigenvalue weighted by Gasteiger charge is -2.46. The van der Waals surface area contributed by atoms with Crippen LogP contribution < -0.4 is 5.32 Å². The molecule has 2 saturated heterocycles. The van der Waals surface area contributed by atoms with Gasteiger partial charge in [0.2, 0.25) is 0 Å². The van der Waals surface area contributed by atoms with E-state index in [9.17, 15) is 8.78 Å². The molecule has 0 spiro atoms. The van der Waals surface area contributed by atoms with Crippen LogP contribution in [0, 0.1) is 12.3 Å². The summed E-state index contributed by atoms with van der Waals surface area (Å²) in [6.07, 6.45) is 7.55. The summed E-state index contributed by atoms with van der Waals surface area (Å²) in [6, 6.07) is 4.66. The molecule has 183 valence electrons. The molecule has 3 aliphatic rings. The SMILES string of the molecule is CCC(F)(F)c1cccc(N[C@H]2CO[C@H](CN3CCCCC3)[C@H](OC(C)(C)C)[C@@H]2C2=C[CH]2)n1. The molecule has 1 aromatic rings. The average Bonchev–Trinajstić information content (AvgIpc) is 3.61. The minimum Gasteiger partial charge on any atom is -0.372 e. The number of halogens is 2. The minimum atomic E-state index is -2.94. The van der Waals surface area contributed by atoms with E-state index < -0.39 is 5.92 Å². The standard InChI is InChI=1S/C26H38F2N3O2/c1-5-26(27,28)21-10-9-11-22(30-21)29-19-17-32-20(16-31-14-7-6-8-15-31)24(33-25(2,3)4)23(19)18-12-13-18/h9-13,19-20,23-24H,5-8,14-17H2,1-4H3,(H,29,30)/t19-,20+,23+,24-/m0/s1. The highest BCUT2D eigenvalue weighted by Gasteiger charge is 2.47. The first-order chi connectivity index (χ1) is 15.7. The number of aromatic nitrogens is 1. The van der Waals surface area contributed by atoms with Gasteiger partial charge in [0.05, 0.1) is 30.5 Å². The largest absolute Gasteiger partial charge is 0.372 e. The Bertz CT molecular complexity index is 833. The van der Waals surface area contributed by atoms with Crippen LogP contribution in [-0.4, -0.2) is 60.0 Å². The molecular weight excluding hydrogens is 424 g/mol. The Balaban J connectivity index is 1.55. The second-order valence-electron chi connectivity index (χ2n) is 10.5. The summed E-state index contributed by atoms with van der Waals surface area (Å²) >= 11 is 0. The number of pyridine rings is 1. The predicted molar refractivity (Wildman–Crippen MR) is 126 cm³/mol. The van der Waals surface area contributed by atoms with E-state index >= 15 is 0 Å². The van der Waals surface area contributed by atoms with Gasteiger partial charge in [-0.05, 0) is 58.8 Å². The Morgan fingerprint density at radius 1 is 1.18 bits per heavy atom. The van der Waals surface area contributed by atoms with Crippen LogP contribution in [-0.2, 0) is 15.4 Å². The van der Waals surface area contributed by atoms with Crippen LogP contribution in [0.15, 0.2) is 29.8 Å². The number of hydrogen-bond acceptors (Lipinski definition) is 5. The molecular formula is C26H38F2N3O2. The first-order valence-corrected chi connectivity index (χ1v) is 12.3. The summed E-state index contributed by atoms with van der Waals surface area (Å²) in [7, 11) is 0. The molecule has 1 aliphatic carbocycles. The number of nitrogens with one attached hydrogen (secondary N) is 1. The summed E-state index contributed by atoms with van der Waals surface area (Å²) in [5, 5.41) is 3.40. The highest BCUT2D eigenvalue weighted by atomic mass is 19.3. The summed E-state index contributed by atoms with van der Waals surface area (Å²) in [4.78, 5) is 6.73. The lowest BCUT2D eigenvalue weighted by molar-refractivity contribution is -0.178. The number of allylic oxidation sites excluding steroid dienone is 1. The van der Waals surface area contributed by atoms with E-state index in [1.807, 2.05) is 0 Å². The molecule has 2 aliphatic heterocycles. The van der Waals surface area contributed by atoms with Crippen molar-refractivity contribution in [3.63, 3.8) is 0 Å². The number of piperidine rings is 1. The van der Waals surface area contributed by atoms with Crippen molar-refractivity contribution in [2.45, 2.75) is 83.2 Å². The summed E-state index contributed by atoms with van der Waals surface area (Å²) in [5.41, 5.74) is 0.708. The molecule has 1 radical (unpaired) electrons. The van der Waals surface area contributed by atoms with Crippen LogP contribution in [0.2, 0.25) is 0 Å². The Kier molecular flexibility index (Phi) is 7.41. The van der Waals surface area contributed by atoms with Gasteiger partial charge in [-0.1, -0.05) is 31.1 Å². The Hall–Kier alpha value is -1.57. The van der Waals surface area contributed by atoms with Gasteiger partial charge in [-0.15, -0.1) is 0 Å². The Morgan fingerprint density at radius 3 is 2.55 bits per heavy atom. The van der Waals surface area contributed by atoms with Crippen molar-refractivity contribution in [2.24, 2.45) is 5.92 Å². The van der Waals surface area contributed by atoms with Gasteiger partial charge in [0.1, 0.15) is 11.5 Å². The number of hydrogen-bond donors (Lipinski definition) is 1. The topological polar surface area (TPSA) is 46.6 Å².